The minimum Gasteiger partial charge on any atom is -0.478 e. The Hall–Kier alpha value is -2.00. The van der Waals surface area contributed by atoms with Crippen molar-refractivity contribution >= 4 is 17.6 Å². The van der Waals surface area contributed by atoms with E-state index in [9.17, 15) is 9.90 Å². The predicted molar refractivity (Wildman–Crippen MR) is 73.6 cm³/mol. The maximum Gasteiger partial charge on any atom is 0.345 e. The molecular weight excluding hydrogens is 264 g/mol. The van der Waals surface area contributed by atoms with Gasteiger partial charge in [0.15, 0.2) is 6.10 Å². The van der Waals surface area contributed by atoms with Crippen LogP contribution in [0.2, 0.25) is 5.02 Å². The minimum atomic E-state index is -0.996. The third-order valence-electron chi connectivity index (χ3n) is 2.61. The standard InChI is InChI=1S/C15H13ClO3/c16-12-6-4-5-11(9-12)10-14(15(17)18)19-13-7-2-1-3-8-13/h1-9,14H,10H2,(H,17,18). The fraction of sp³-hybridized carbons (Fsp3) is 0.133. The first kappa shape index (κ1) is 13.4. The van der Waals surface area contributed by atoms with Crippen molar-refractivity contribution in [3.05, 3.63) is 65.2 Å². The van der Waals surface area contributed by atoms with E-state index in [-0.39, 0.29) is 6.42 Å². The van der Waals surface area contributed by atoms with Gasteiger partial charge in [0.25, 0.3) is 0 Å². The summed E-state index contributed by atoms with van der Waals surface area (Å²) in [7, 11) is 0. The van der Waals surface area contributed by atoms with E-state index in [1.54, 1.807) is 42.5 Å². The predicted octanol–water partition coefficient (Wildman–Crippen LogP) is 3.41. The second kappa shape index (κ2) is 6.25. The van der Waals surface area contributed by atoms with Crippen LogP contribution < -0.4 is 4.74 Å². The van der Waals surface area contributed by atoms with E-state index in [0.29, 0.717) is 10.8 Å². The Labute approximate surface area is 116 Å². The molecular formula is C15H13ClO3. The Bertz CT molecular complexity index is 554. The Morgan fingerprint density at radius 3 is 2.53 bits per heavy atom. The highest BCUT2D eigenvalue weighted by Crippen LogP contribution is 2.16. The Morgan fingerprint density at radius 1 is 1.16 bits per heavy atom. The van der Waals surface area contributed by atoms with E-state index >= 15 is 0 Å². The summed E-state index contributed by atoms with van der Waals surface area (Å²) < 4.78 is 5.48. The number of carboxylic acids is 1. The van der Waals surface area contributed by atoms with E-state index in [2.05, 4.69) is 0 Å². The van der Waals surface area contributed by atoms with Crippen molar-refractivity contribution in [1.29, 1.82) is 0 Å². The van der Waals surface area contributed by atoms with Gasteiger partial charge in [0.05, 0.1) is 0 Å². The highest BCUT2D eigenvalue weighted by atomic mass is 35.5. The number of carboxylic acid groups (broad SMARTS) is 1. The van der Waals surface area contributed by atoms with Crippen molar-refractivity contribution in [2.75, 3.05) is 0 Å². The van der Waals surface area contributed by atoms with Crippen molar-refractivity contribution in [2.45, 2.75) is 12.5 Å². The molecule has 0 bridgehead atoms. The van der Waals surface area contributed by atoms with Gasteiger partial charge in [-0.05, 0) is 29.8 Å². The molecule has 98 valence electrons. The van der Waals surface area contributed by atoms with Gasteiger partial charge in [-0.1, -0.05) is 41.9 Å². The number of carbonyl (C=O) groups is 1. The molecule has 1 N–H and O–H groups in total. The molecule has 2 rings (SSSR count). The van der Waals surface area contributed by atoms with Crippen LogP contribution in [0.15, 0.2) is 54.6 Å². The molecule has 0 amide bonds. The molecule has 0 spiro atoms. The van der Waals surface area contributed by atoms with Crippen LogP contribution in [0.3, 0.4) is 0 Å². The van der Waals surface area contributed by atoms with Gasteiger partial charge < -0.3 is 9.84 Å². The highest BCUT2D eigenvalue weighted by molar-refractivity contribution is 6.30. The molecule has 4 heteroatoms. The number of hydrogen-bond donors (Lipinski definition) is 1. The Kier molecular flexibility index (Phi) is 4.42. The molecule has 0 aliphatic rings. The van der Waals surface area contributed by atoms with Crippen LogP contribution in [0, 0.1) is 0 Å². The van der Waals surface area contributed by atoms with E-state index in [4.69, 9.17) is 16.3 Å². The van der Waals surface area contributed by atoms with Crippen LogP contribution in [0.25, 0.3) is 0 Å². The minimum absolute atomic E-state index is 0.269. The van der Waals surface area contributed by atoms with Crippen LogP contribution in [-0.4, -0.2) is 17.2 Å². The fourth-order valence-electron chi connectivity index (χ4n) is 1.72. The molecule has 3 nitrogen and oxygen atoms in total. The molecule has 0 aromatic heterocycles. The lowest BCUT2D eigenvalue weighted by Gasteiger charge is -2.15. The summed E-state index contributed by atoms with van der Waals surface area (Å²) in [5.74, 6) is -0.458. The summed E-state index contributed by atoms with van der Waals surface area (Å²) in [6.07, 6.45) is -0.661. The third-order valence-corrected chi connectivity index (χ3v) is 2.84. The van der Waals surface area contributed by atoms with Crippen LogP contribution in [0.1, 0.15) is 5.56 Å². The third kappa shape index (κ3) is 4.00. The molecule has 0 aliphatic heterocycles. The lowest BCUT2D eigenvalue weighted by molar-refractivity contribution is -0.145. The number of para-hydroxylation sites is 1. The van der Waals surface area contributed by atoms with Crippen LogP contribution >= 0.6 is 11.6 Å². The van der Waals surface area contributed by atoms with Crippen LogP contribution in [0.4, 0.5) is 0 Å². The van der Waals surface area contributed by atoms with Gasteiger partial charge in [-0.25, -0.2) is 4.79 Å². The molecule has 2 aromatic carbocycles. The van der Waals surface area contributed by atoms with Gasteiger partial charge in [0.1, 0.15) is 5.75 Å². The molecule has 0 heterocycles. The lowest BCUT2D eigenvalue weighted by Crippen LogP contribution is -2.29. The van der Waals surface area contributed by atoms with Crippen molar-refractivity contribution < 1.29 is 14.6 Å². The van der Waals surface area contributed by atoms with Gasteiger partial charge in [-0.15, -0.1) is 0 Å². The first-order valence-electron chi connectivity index (χ1n) is 5.84. The maximum absolute atomic E-state index is 11.2. The molecule has 0 saturated carbocycles. The monoisotopic (exact) mass is 276 g/mol. The quantitative estimate of drug-likeness (QED) is 0.910. The van der Waals surface area contributed by atoms with E-state index in [1.165, 1.54) is 0 Å². The number of halogens is 1. The van der Waals surface area contributed by atoms with E-state index in [1.807, 2.05) is 12.1 Å². The zero-order valence-corrected chi connectivity index (χ0v) is 10.9. The summed E-state index contributed by atoms with van der Waals surface area (Å²) in [4.78, 5) is 11.2. The fourth-order valence-corrected chi connectivity index (χ4v) is 1.93. The average Bonchev–Trinajstić information content (AvgIpc) is 2.39. The molecule has 0 aliphatic carbocycles. The molecule has 0 fully saturated rings. The molecule has 0 saturated heterocycles. The van der Waals surface area contributed by atoms with Crippen molar-refractivity contribution in [3.8, 4) is 5.75 Å². The van der Waals surface area contributed by atoms with Gasteiger partial charge in [-0.3, -0.25) is 0 Å². The lowest BCUT2D eigenvalue weighted by atomic mass is 10.1. The van der Waals surface area contributed by atoms with Crippen molar-refractivity contribution in [2.24, 2.45) is 0 Å². The smallest absolute Gasteiger partial charge is 0.345 e. The van der Waals surface area contributed by atoms with Crippen molar-refractivity contribution in [1.82, 2.24) is 0 Å². The number of benzene rings is 2. The summed E-state index contributed by atoms with van der Waals surface area (Å²) >= 11 is 5.88. The van der Waals surface area contributed by atoms with Gasteiger partial charge in [-0.2, -0.15) is 0 Å². The largest absolute Gasteiger partial charge is 0.478 e. The summed E-state index contributed by atoms with van der Waals surface area (Å²) in [5.41, 5.74) is 0.829. The van der Waals surface area contributed by atoms with Gasteiger partial charge in [0.2, 0.25) is 0 Å². The summed E-state index contributed by atoms with van der Waals surface area (Å²) in [6.45, 7) is 0. The maximum atomic E-state index is 11.2. The molecule has 2 aromatic rings. The summed E-state index contributed by atoms with van der Waals surface area (Å²) in [5, 5.41) is 9.79. The SMILES string of the molecule is O=C(O)C(Cc1cccc(Cl)c1)Oc1ccccc1. The van der Waals surface area contributed by atoms with Crippen molar-refractivity contribution in [3.63, 3.8) is 0 Å². The summed E-state index contributed by atoms with van der Waals surface area (Å²) in [6, 6.07) is 16.0. The molecule has 1 unspecified atom stereocenters. The Balaban J connectivity index is 2.11. The second-order valence-electron chi connectivity index (χ2n) is 4.09. The zero-order valence-electron chi connectivity index (χ0n) is 10.1. The zero-order chi connectivity index (χ0) is 13.7. The normalized spacial score (nSPS) is 11.8. The first-order valence-corrected chi connectivity index (χ1v) is 6.22. The van der Waals surface area contributed by atoms with Gasteiger partial charge >= 0.3 is 5.97 Å². The number of rotatable bonds is 5. The van der Waals surface area contributed by atoms with Crippen LogP contribution in [-0.2, 0) is 11.2 Å². The first-order chi connectivity index (χ1) is 9.15. The number of ether oxygens (including phenoxy) is 1. The molecule has 19 heavy (non-hydrogen) atoms. The van der Waals surface area contributed by atoms with E-state index < -0.39 is 12.1 Å². The highest BCUT2D eigenvalue weighted by Gasteiger charge is 2.20. The number of aliphatic carboxylic acids is 1. The van der Waals surface area contributed by atoms with Gasteiger partial charge in [0, 0.05) is 11.4 Å². The second-order valence-corrected chi connectivity index (χ2v) is 4.53. The van der Waals surface area contributed by atoms with Crippen LogP contribution in [0.5, 0.6) is 5.75 Å². The van der Waals surface area contributed by atoms with E-state index in [0.717, 1.165) is 5.56 Å². The molecule has 1 atom stereocenters. The Morgan fingerprint density at radius 2 is 1.89 bits per heavy atom. The molecule has 0 radical (unpaired) electrons. The average molecular weight is 277 g/mol. The topological polar surface area (TPSA) is 46.5 Å². The number of hydrogen-bond acceptors (Lipinski definition) is 2.